The Kier molecular flexibility index (Phi) is 9.25. The minimum absolute atomic E-state index is 0.222. The van der Waals surface area contributed by atoms with Crippen LogP contribution in [0.15, 0.2) is 48.5 Å². The molecule has 1 atom stereocenters. The lowest BCUT2D eigenvalue weighted by atomic mass is 9.84. The lowest BCUT2D eigenvalue weighted by Crippen LogP contribution is -2.45. The molecule has 2 aromatic rings. The van der Waals surface area contributed by atoms with Gasteiger partial charge in [0, 0.05) is 5.56 Å². The number of ketones is 1. The maximum atomic E-state index is 12.8. The fourth-order valence-electron chi connectivity index (χ4n) is 4.34. The van der Waals surface area contributed by atoms with Crippen molar-refractivity contribution >= 4 is 17.7 Å². The van der Waals surface area contributed by atoms with Crippen molar-refractivity contribution in [2.45, 2.75) is 64.8 Å². The molecule has 0 heterocycles. The first kappa shape index (κ1) is 25.5. The van der Waals surface area contributed by atoms with E-state index < -0.39 is 17.9 Å². The van der Waals surface area contributed by atoms with Crippen LogP contribution >= 0.6 is 0 Å². The summed E-state index contributed by atoms with van der Waals surface area (Å²) < 4.78 is 10.8. The molecule has 0 spiro atoms. The van der Waals surface area contributed by atoms with Crippen LogP contribution in [-0.2, 0) is 9.53 Å². The number of benzene rings is 2. The highest BCUT2D eigenvalue weighted by Crippen LogP contribution is 2.32. The fourth-order valence-corrected chi connectivity index (χ4v) is 4.34. The highest BCUT2D eigenvalue weighted by molar-refractivity contribution is 6.00. The molecular weight excluding hydrogens is 430 g/mol. The van der Waals surface area contributed by atoms with E-state index in [1.807, 2.05) is 45.0 Å². The van der Waals surface area contributed by atoms with E-state index >= 15 is 0 Å². The Bertz CT molecular complexity index is 977. The van der Waals surface area contributed by atoms with Crippen LogP contribution in [-0.4, -0.2) is 36.9 Å². The van der Waals surface area contributed by atoms with Gasteiger partial charge in [-0.2, -0.15) is 0 Å². The van der Waals surface area contributed by atoms with Gasteiger partial charge in [0.2, 0.25) is 0 Å². The molecule has 1 saturated carbocycles. The molecule has 1 aliphatic rings. The topological polar surface area (TPSA) is 81.7 Å². The number of rotatable bonds is 10. The maximum absolute atomic E-state index is 12.8. The Morgan fingerprint density at radius 1 is 0.971 bits per heavy atom. The molecule has 1 amide bonds. The highest BCUT2D eigenvalue weighted by Gasteiger charge is 2.28. The minimum Gasteiger partial charge on any atom is -0.493 e. The highest BCUT2D eigenvalue weighted by atomic mass is 16.5. The van der Waals surface area contributed by atoms with Gasteiger partial charge >= 0.3 is 5.97 Å². The SMILES string of the molecule is CCOc1ccccc1C(=O)N[C@H](C(=O)OCC(=O)c1ccc(C2CCCCC2)cc1)C(C)C. The van der Waals surface area contributed by atoms with E-state index in [0.29, 0.717) is 29.4 Å². The molecule has 1 N–H and O–H groups in total. The molecule has 2 aromatic carbocycles. The fraction of sp³-hybridized carbons (Fsp3) is 0.464. The molecule has 6 nitrogen and oxygen atoms in total. The smallest absolute Gasteiger partial charge is 0.329 e. The molecule has 1 fully saturated rings. The number of esters is 1. The number of ether oxygens (including phenoxy) is 2. The quantitative estimate of drug-likeness (QED) is 0.380. The van der Waals surface area contributed by atoms with Gasteiger partial charge in [0.05, 0.1) is 12.2 Å². The summed E-state index contributed by atoms with van der Waals surface area (Å²) >= 11 is 0. The second kappa shape index (κ2) is 12.4. The van der Waals surface area contributed by atoms with Crippen molar-refractivity contribution in [1.29, 1.82) is 0 Å². The Morgan fingerprint density at radius 2 is 1.65 bits per heavy atom. The van der Waals surface area contributed by atoms with Crippen LogP contribution < -0.4 is 10.1 Å². The van der Waals surface area contributed by atoms with Gasteiger partial charge in [-0.05, 0) is 49.3 Å². The Hall–Kier alpha value is -3.15. The summed E-state index contributed by atoms with van der Waals surface area (Å²) in [6.07, 6.45) is 6.21. The molecule has 1 aliphatic carbocycles. The van der Waals surface area contributed by atoms with Crippen LogP contribution in [0.25, 0.3) is 0 Å². The number of Topliss-reactive ketones (excluding diaryl/α,β-unsaturated/α-hetero) is 1. The van der Waals surface area contributed by atoms with Crippen LogP contribution in [0.5, 0.6) is 5.75 Å². The zero-order chi connectivity index (χ0) is 24.5. The lowest BCUT2D eigenvalue weighted by Gasteiger charge is -2.22. The van der Waals surface area contributed by atoms with E-state index in [1.54, 1.807) is 24.3 Å². The number of hydrogen-bond acceptors (Lipinski definition) is 5. The summed E-state index contributed by atoms with van der Waals surface area (Å²) in [6, 6.07) is 13.6. The summed E-state index contributed by atoms with van der Waals surface area (Å²) in [6.45, 7) is 5.52. The Morgan fingerprint density at radius 3 is 2.29 bits per heavy atom. The maximum Gasteiger partial charge on any atom is 0.329 e. The van der Waals surface area contributed by atoms with Gasteiger partial charge in [0.15, 0.2) is 12.4 Å². The number of hydrogen-bond donors (Lipinski definition) is 1. The third kappa shape index (κ3) is 6.69. The third-order valence-electron chi connectivity index (χ3n) is 6.29. The number of nitrogens with one attached hydrogen (secondary N) is 1. The first-order chi connectivity index (χ1) is 16.4. The summed E-state index contributed by atoms with van der Waals surface area (Å²) in [5.74, 6) is -0.530. The van der Waals surface area contributed by atoms with E-state index in [0.717, 1.165) is 0 Å². The molecule has 0 unspecified atom stereocenters. The first-order valence-electron chi connectivity index (χ1n) is 12.2. The van der Waals surface area contributed by atoms with E-state index in [2.05, 4.69) is 5.32 Å². The molecule has 0 aromatic heterocycles. The minimum atomic E-state index is -0.885. The zero-order valence-corrected chi connectivity index (χ0v) is 20.3. The monoisotopic (exact) mass is 465 g/mol. The second-order valence-corrected chi connectivity index (χ2v) is 9.11. The molecule has 34 heavy (non-hydrogen) atoms. The van der Waals surface area contributed by atoms with Crippen LogP contribution in [0.4, 0.5) is 0 Å². The third-order valence-corrected chi connectivity index (χ3v) is 6.29. The van der Waals surface area contributed by atoms with Gasteiger partial charge in [-0.15, -0.1) is 0 Å². The second-order valence-electron chi connectivity index (χ2n) is 9.11. The normalized spacial score (nSPS) is 14.9. The molecular formula is C28H35NO5. The molecule has 0 saturated heterocycles. The van der Waals surface area contributed by atoms with Gasteiger partial charge in [-0.25, -0.2) is 4.79 Å². The number of carbonyl (C=O) groups excluding carboxylic acids is 3. The molecule has 6 heteroatoms. The Labute approximate surface area is 202 Å². The predicted octanol–water partition coefficient (Wildman–Crippen LogP) is 5.31. The van der Waals surface area contributed by atoms with Crippen molar-refractivity contribution in [3.05, 3.63) is 65.2 Å². The first-order valence-corrected chi connectivity index (χ1v) is 12.2. The summed E-state index contributed by atoms with van der Waals surface area (Å²) in [4.78, 5) is 38.2. The van der Waals surface area contributed by atoms with Gasteiger partial charge in [-0.1, -0.05) is 69.5 Å². The van der Waals surface area contributed by atoms with Crippen molar-refractivity contribution in [3.8, 4) is 5.75 Å². The molecule has 182 valence electrons. The van der Waals surface area contributed by atoms with Crippen LogP contribution in [0, 0.1) is 5.92 Å². The van der Waals surface area contributed by atoms with E-state index in [-0.39, 0.29) is 18.3 Å². The van der Waals surface area contributed by atoms with Crippen molar-refractivity contribution in [1.82, 2.24) is 5.32 Å². The molecule has 0 aliphatic heterocycles. The number of para-hydroxylation sites is 1. The van der Waals surface area contributed by atoms with E-state index in [9.17, 15) is 14.4 Å². The van der Waals surface area contributed by atoms with E-state index in [4.69, 9.17) is 9.47 Å². The standard InChI is InChI=1S/C28H35NO5/c1-4-33-25-13-9-8-12-23(25)27(31)29-26(19(2)3)28(32)34-18-24(30)22-16-14-21(15-17-22)20-10-6-5-7-11-20/h8-9,12-17,19-20,26H,4-7,10-11,18H2,1-3H3,(H,29,31)/t26-/m0/s1. The summed E-state index contributed by atoms with van der Waals surface area (Å²) in [7, 11) is 0. The van der Waals surface area contributed by atoms with Crippen LogP contribution in [0.3, 0.4) is 0 Å². The van der Waals surface area contributed by atoms with Gasteiger partial charge in [-0.3, -0.25) is 9.59 Å². The zero-order valence-electron chi connectivity index (χ0n) is 20.3. The van der Waals surface area contributed by atoms with Gasteiger partial charge in [0.1, 0.15) is 11.8 Å². The Balaban J connectivity index is 1.58. The average Bonchev–Trinajstić information content (AvgIpc) is 2.86. The largest absolute Gasteiger partial charge is 0.493 e. The molecule has 0 radical (unpaired) electrons. The number of amides is 1. The van der Waals surface area contributed by atoms with Crippen molar-refractivity contribution < 1.29 is 23.9 Å². The van der Waals surface area contributed by atoms with Gasteiger partial charge < -0.3 is 14.8 Å². The number of carbonyl (C=O) groups is 3. The lowest BCUT2D eigenvalue weighted by molar-refractivity contribution is -0.145. The predicted molar refractivity (Wildman–Crippen MR) is 131 cm³/mol. The molecule has 0 bridgehead atoms. The van der Waals surface area contributed by atoms with Crippen LogP contribution in [0.2, 0.25) is 0 Å². The molecule has 3 rings (SSSR count). The van der Waals surface area contributed by atoms with Crippen molar-refractivity contribution in [2.75, 3.05) is 13.2 Å². The van der Waals surface area contributed by atoms with E-state index in [1.165, 1.54) is 37.7 Å². The summed E-state index contributed by atoms with van der Waals surface area (Å²) in [5, 5.41) is 2.73. The van der Waals surface area contributed by atoms with Crippen molar-refractivity contribution in [3.63, 3.8) is 0 Å². The summed E-state index contributed by atoms with van der Waals surface area (Å²) in [5.41, 5.74) is 2.13. The van der Waals surface area contributed by atoms with Crippen molar-refractivity contribution in [2.24, 2.45) is 5.92 Å². The van der Waals surface area contributed by atoms with Gasteiger partial charge in [0.25, 0.3) is 5.91 Å². The average molecular weight is 466 g/mol. The van der Waals surface area contributed by atoms with Crippen LogP contribution in [0.1, 0.15) is 85.1 Å².